The fourth-order valence-electron chi connectivity index (χ4n) is 5.00. The number of anilines is 2. The highest BCUT2D eigenvalue weighted by atomic mass is 79.9. The third kappa shape index (κ3) is 7.45. The molecule has 0 saturated carbocycles. The van der Waals surface area contributed by atoms with E-state index in [4.69, 9.17) is 17.0 Å². The Morgan fingerprint density at radius 1 is 0.975 bits per heavy atom. The third-order valence-electron chi connectivity index (χ3n) is 7.25. The van der Waals surface area contributed by atoms with Crippen LogP contribution in [0.15, 0.2) is 53.0 Å². The lowest BCUT2D eigenvalue weighted by molar-refractivity contribution is -0.124. The molecule has 2 aromatic rings. The lowest BCUT2D eigenvalue weighted by atomic mass is 10.1. The zero-order chi connectivity index (χ0) is 28.6. The Morgan fingerprint density at radius 2 is 1.62 bits per heavy atom. The first-order valence-electron chi connectivity index (χ1n) is 13.7. The molecule has 0 bridgehead atoms. The minimum atomic E-state index is -0.718. The molecule has 0 aliphatic carbocycles. The number of likely N-dealkylation sites (N-methyl/N-ethyl adjacent to an activating group) is 1. The van der Waals surface area contributed by atoms with Crippen molar-refractivity contribution >= 4 is 62.4 Å². The summed E-state index contributed by atoms with van der Waals surface area (Å²) in [6, 6.07) is 13.2. The van der Waals surface area contributed by atoms with Crippen LogP contribution in [0.4, 0.5) is 11.4 Å². The fraction of sp³-hybridized carbons (Fsp3) is 0.448. The molecule has 2 fully saturated rings. The molecule has 0 aromatic heterocycles. The van der Waals surface area contributed by atoms with E-state index in [2.05, 4.69) is 38.0 Å². The number of ether oxygens (including phenoxy) is 1. The van der Waals surface area contributed by atoms with Crippen LogP contribution in [0.25, 0.3) is 0 Å². The van der Waals surface area contributed by atoms with E-state index in [1.165, 1.54) is 4.90 Å². The molecule has 1 N–H and O–H groups in total. The Balaban J connectivity index is 1.47. The molecule has 2 amide bonds. The van der Waals surface area contributed by atoms with Crippen molar-refractivity contribution in [3.8, 4) is 0 Å². The quantitative estimate of drug-likeness (QED) is 0.295. The van der Waals surface area contributed by atoms with Crippen LogP contribution in [0.1, 0.15) is 37.0 Å². The molecule has 2 saturated heterocycles. The number of hydrogen-bond donors (Lipinski definition) is 1. The van der Waals surface area contributed by atoms with Gasteiger partial charge in [-0.05, 0) is 87.2 Å². The second kappa shape index (κ2) is 14.2. The number of carbonyl (C=O) groups excluding carboxylic acids is 3. The molecule has 0 unspecified atom stereocenters. The number of carbonyl (C=O) groups is 3. The van der Waals surface area contributed by atoms with Gasteiger partial charge in [-0.25, -0.2) is 4.79 Å². The van der Waals surface area contributed by atoms with Crippen LogP contribution in [0.3, 0.4) is 0 Å². The second-order valence-electron chi connectivity index (χ2n) is 9.82. The number of hydrogen-bond acceptors (Lipinski definition) is 7. The average molecular weight is 631 g/mol. The highest BCUT2D eigenvalue weighted by molar-refractivity contribution is 9.10. The van der Waals surface area contributed by atoms with E-state index in [0.29, 0.717) is 28.6 Å². The van der Waals surface area contributed by atoms with Crippen LogP contribution in [0, 0.1) is 0 Å². The van der Waals surface area contributed by atoms with Gasteiger partial charge in [0.25, 0.3) is 5.91 Å². The molecule has 0 spiro atoms. The zero-order valence-electron chi connectivity index (χ0n) is 23.0. The number of amides is 2. The van der Waals surface area contributed by atoms with Crippen molar-refractivity contribution in [3.05, 3.63) is 58.6 Å². The van der Waals surface area contributed by atoms with Crippen molar-refractivity contribution in [2.45, 2.75) is 32.7 Å². The summed E-state index contributed by atoms with van der Waals surface area (Å²) in [6.07, 6.45) is 0.793. The van der Waals surface area contributed by atoms with Gasteiger partial charge in [0.2, 0.25) is 5.91 Å². The van der Waals surface area contributed by atoms with Crippen LogP contribution in [0.2, 0.25) is 0 Å². The Morgan fingerprint density at radius 3 is 2.25 bits per heavy atom. The van der Waals surface area contributed by atoms with Gasteiger partial charge in [0.1, 0.15) is 6.04 Å². The molecular formula is C29H36BrN5O4S. The maximum atomic E-state index is 13.7. The number of nitrogens with one attached hydrogen (secondary N) is 1. The number of esters is 1. The molecule has 4 rings (SSSR count). The summed E-state index contributed by atoms with van der Waals surface area (Å²) in [7, 11) is 0. The highest BCUT2D eigenvalue weighted by Crippen LogP contribution is 2.28. The van der Waals surface area contributed by atoms with Crippen LogP contribution in [-0.2, 0) is 14.3 Å². The number of piperazine rings is 1. The van der Waals surface area contributed by atoms with Crippen molar-refractivity contribution in [3.63, 3.8) is 0 Å². The zero-order valence-corrected chi connectivity index (χ0v) is 25.4. The van der Waals surface area contributed by atoms with Crippen LogP contribution in [0.5, 0.6) is 0 Å². The molecule has 2 aromatic carbocycles. The third-order valence-corrected chi connectivity index (χ3v) is 8.19. The van der Waals surface area contributed by atoms with Gasteiger partial charge in [-0.1, -0.05) is 22.9 Å². The first-order valence-corrected chi connectivity index (χ1v) is 14.9. The summed E-state index contributed by atoms with van der Waals surface area (Å²) >= 11 is 9.20. The molecule has 2 aliphatic rings. The molecule has 11 heteroatoms. The van der Waals surface area contributed by atoms with Crippen molar-refractivity contribution in [2.24, 2.45) is 0 Å². The smallest absolute Gasteiger partial charge is 0.338 e. The van der Waals surface area contributed by atoms with Gasteiger partial charge in [-0.2, -0.15) is 0 Å². The number of halogens is 1. The summed E-state index contributed by atoms with van der Waals surface area (Å²) in [6.45, 7) is 10.9. The predicted octanol–water partition coefficient (Wildman–Crippen LogP) is 3.98. The van der Waals surface area contributed by atoms with E-state index in [1.807, 2.05) is 17.0 Å². The van der Waals surface area contributed by atoms with Crippen molar-refractivity contribution in [2.75, 3.05) is 62.6 Å². The summed E-state index contributed by atoms with van der Waals surface area (Å²) < 4.78 is 5.98. The Labute approximate surface area is 249 Å². The summed E-state index contributed by atoms with van der Waals surface area (Å²) in [5, 5.41) is 3.26. The monoisotopic (exact) mass is 629 g/mol. The van der Waals surface area contributed by atoms with E-state index in [0.717, 1.165) is 50.2 Å². The van der Waals surface area contributed by atoms with E-state index in [1.54, 1.807) is 43.3 Å². The predicted molar refractivity (Wildman–Crippen MR) is 164 cm³/mol. The van der Waals surface area contributed by atoms with Gasteiger partial charge in [-0.15, -0.1) is 0 Å². The Kier molecular flexibility index (Phi) is 10.7. The van der Waals surface area contributed by atoms with Gasteiger partial charge in [-0.3, -0.25) is 14.5 Å². The van der Waals surface area contributed by atoms with Crippen LogP contribution >= 0.6 is 28.1 Å². The summed E-state index contributed by atoms with van der Waals surface area (Å²) in [5.74, 6) is -0.937. The lowest BCUT2D eigenvalue weighted by Gasteiger charge is -2.34. The average Bonchev–Trinajstić information content (AvgIpc) is 3.18. The van der Waals surface area contributed by atoms with Gasteiger partial charge >= 0.3 is 5.97 Å². The molecule has 1 atom stereocenters. The molecule has 2 aliphatic heterocycles. The molecule has 0 radical (unpaired) electrons. The van der Waals surface area contributed by atoms with Crippen molar-refractivity contribution < 1.29 is 19.1 Å². The Hall–Kier alpha value is -2.86. The van der Waals surface area contributed by atoms with Crippen molar-refractivity contribution in [1.82, 2.24) is 14.7 Å². The minimum Gasteiger partial charge on any atom is -0.462 e. The lowest BCUT2D eigenvalue weighted by Crippen LogP contribution is -2.47. The normalized spacial score (nSPS) is 18.3. The largest absolute Gasteiger partial charge is 0.462 e. The van der Waals surface area contributed by atoms with Gasteiger partial charge in [0, 0.05) is 42.9 Å². The molecule has 40 heavy (non-hydrogen) atoms. The standard InChI is InChI=1S/C29H36BrN5O4S/c1-3-32-16-18-33(19-17-32)14-5-15-34-25(20-26(36)31-23-10-8-22(30)9-11-23)27(37)35(29(34)40)24-12-6-21(7-13-24)28(38)39-4-2/h6-13,25H,3-5,14-20H2,1-2H3,(H,31,36)/t25-/m1/s1. The van der Waals surface area contributed by atoms with E-state index < -0.39 is 12.0 Å². The van der Waals surface area contributed by atoms with E-state index >= 15 is 0 Å². The molecular weight excluding hydrogens is 594 g/mol. The topological polar surface area (TPSA) is 85.4 Å². The second-order valence-corrected chi connectivity index (χ2v) is 11.1. The maximum Gasteiger partial charge on any atom is 0.338 e. The van der Waals surface area contributed by atoms with E-state index in [-0.39, 0.29) is 24.8 Å². The van der Waals surface area contributed by atoms with E-state index in [9.17, 15) is 14.4 Å². The van der Waals surface area contributed by atoms with Crippen molar-refractivity contribution in [1.29, 1.82) is 0 Å². The number of nitrogens with zero attached hydrogens (tertiary/aromatic N) is 4. The minimum absolute atomic E-state index is 0.0262. The first kappa shape index (κ1) is 30.1. The van der Waals surface area contributed by atoms with Gasteiger partial charge in [0.05, 0.1) is 24.3 Å². The van der Waals surface area contributed by atoms with Crippen LogP contribution in [-0.4, -0.2) is 96.1 Å². The molecule has 214 valence electrons. The maximum absolute atomic E-state index is 13.7. The van der Waals surface area contributed by atoms with Gasteiger partial charge in [0.15, 0.2) is 5.11 Å². The van der Waals surface area contributed by atoms with Gasteiger partial charge < -0.3 is 24.8 Å². The highest BCUT2D eigenvalue weighted by Gasteiger charge is 2.44. The number of rotatable bonds is 11. The fourth-order valence-corrected chi connectivity index (χ4v) is 5.68. The first-order chi connectivity index (χ1) is 19.3. The van der Waals surface area contributed by atoms with Crippen LogP contribution < -0.4 is 10.2 Å². The molecule has 9 nitrogen and oxygen atoms in total. The molecule has 2 heterocycles. The summed E-state index contributed by atoms with van der Waals surface area (Å²) in [4.78, 5) is 47.1. The summed E-state index contributed by atoms with van der Waals surface area (Å²) in [5.41, 5.74) is 1.61. The number of benzene rings is 2. The number of thiocarbonyl (C=S) groups is 1. The SMILES string of the molecule is CCOC(=O)c1ccc(N2C(=O)[C@@H](CC(=O)Nc3ccc(Br)cc3)N(CCCN3CCN(CC)CC3)C2=S)cc1. The Bertz CT molecular complexity index is 1200.